The van der Waals surface area contributed by atoms with Crippen LogP contribution in [0.2, 0.25) is 0 Å². The summed E-state index contributed by atoms with van der Waals surface area (Å²) in [5, 5.41) is 5.48. The molecule has 0 aromatic heterocycles. The number of nitrogens with one attached hydrogen (secondary N) is 2. The first-order valence-corrected chi connectivity index (χ1v) is 7.89. The molecule has 0 unspecified atom stereocenters. The molecule has 0 aliphatic rings. The van der Waals surface area contributed by atoms with Crippen LogP contribution in [0.25, 0.3) is 0 Å². The van der Waals surface area contributed by atoms with Crippen molar-refractivity contribution in [2.75, 3.05) is 13.1 Å². The molecule has 0 bridgehead atoms. The number of hydrogen-bond donors (Lipinski definition) is 3. The third-order valence-corrected chi connectivity index (χ3v) is 3.69. The van der Waals surface area contributed by atoms with E-state index in [9.17, 15) is 9.59 Å². The van der Waals surface area contributed by atoms with Crippen LogP contribution in [-0.4, -0.2) is 24.9 Å². The molecule has 2 aromatic carbocycles. The average Bonchev–Trinajstić information content (AvgIpc) is 2.57. The Bertz CT molecular complexity index is 683. The predicted molar refractivity (Wildman–Crippen MR) is 94.4 cm³/mol. The first-order valence-electron chi connectivity index (χ1n) is 7.89. The summed E-state index contributed by atoms with van der Waals surface area (Å²) in [7, 11) is 0. The molecule has 0 aliphatic heterocycles. The van der Waals surface area contributed by atoms with Gasteiger partial charge in [-0.15, -0.1) is 0 Å². The summed E-state index contributed by atoms with van der Waals surface area (Å²) < 4.78 is 0. The van der Waals surface area contributed by atoms with E-state index >= 15 is 0 Å². The zero-order valence-electron chi connectivity index (χ0n) is 14.0. The Balaban J connectivity index is 2.23. The SMILES string of the molecule is Cc1cccc(C(NC(=O)CNC(=O)CN)c2cccc(C)c2)c1. The molecule has 0 fully saturated rings. The minimum absolute atomic E-state index is 0.0931. The van der Waals surface area contributed by atoms with Crippen LogP contribution in [0.5, 0.6) is 0 Å². The fourth-order valence-electron chi connectivity index (χ4n) is 2.52. The minimum atomic E-state index is -0.354. The van der Waals surface area contributed by atoms with Crippen molar-refractivity contribution in [1.82, 2.24) is 10.6 Å². The Morgan fingerprint density at radius 2 is 1.50 bits per heavy atom. The predicted octanol–water partition coefficient (Wildman–Crippen LogP) is 1.58. The third kappa shape index (κ3) is 4.93. The van der Waals surface area contributed by atoms with Gasteiger partial charge in [0.2, 0.25) is 11.8 Å². The summed E-state index contributed by atoms with van der Waals surface area (Å²) in [5.74, 6) is -0.613. The van der Waals surface area contributed by atoms with Crippen molar-refractivity contribution < 1.29 is 9.59 Å². The fraction of sp³-hybridized carbons (Fsp3) is 0.263. The molecule has 5 nitrogen and oxygen atoms in total. The Kier molecular flexibility index (Phi) is 6.09. The van der Waals surface area contributed by atoms with Gasteiger partial charge in [-0.3, -0.25) is 9.59 Å². The molecule has 2 amide bonds. The monoisotopic (exact) mass is 325 g/mol. The van der Waals surface area contributed by atoms with Crippen molar-refractivity contribution in [2.45, 2.75) is 19.9 Å². The standard InChI is InChI=1S/C19H23N3O2/c1-13-5-3-7-15(9-13)19(16-8-4-6-14(2)10-16)22-18(24)12-21-17(23)11-20/h3-10,19H,11-12,20H2,1-2H3,(H,21,23)(H,22,24). The highest BCUT2D eigenvalue weighted by atomic mass is 16.2. The van der Waals surface area contributed by atoms with Crippen LogP contribution >= 0.6 is 0 Å². The number of carbonyl (C=O) groups is 2. The molecule has 2 rings (SSSR count). The van der Waals surface area contributed by atoms with Crippen molar-refractivity contribution in [3.8, 4) is 0 Å². The van der Waals surface area contributed by atoms with Gasteiger partial charge in [0.1, 0.15) is 0 Å². The number of carbonyl (C=O) groups excluding carboxylic acids is 2. The van der Waals surface area contributed by atoms with Gasteiger partial charge in [0.25, 0.3) is 0 Å². The van der Waals surface area contributed by atoms with Gasteiger partial charge in [-0.1, -0.05) is 59.7 Å². The number of amides is 2. The second kappa shape index (κ2) is 8.26. The molecular weight excluding hydrogens is 302 g/mol. The topological polar surface area (TPSA) is 84.2 Å². The molecule has 4 N–H and O–H groups in total. The van der Waals surface area contributed by atoms with E-state index < -0.39 is 0 Å². The van der Waals surface area contributed by atoms with Crippen LogP contribution in [0.3, 0.4) is 0 Å². The first kappa shape index (κ1) is 17.7. The van der Waals surface area contributed by atoms with E-state index in [1.807, 2.05) is 62.4 Å². The molecule has 0 radical (unpaired) electrons. The summed E-state index contributed by atoms with van der Waals surface area (Å²) in [6.07, 6.45) is 0. The van der Waals surface area contributed by atoms with E-state index in [2.05, 4.69) is 10.6 Å². The number of aryl methyl sites for hydroxylation is 2. The van der Waals surface area contributed by atoms with Crippen LogP contribution in [0.1, 0.15) is 28.3 Å². The van der Waals surface area contributed by atoms with E-state index in [1.165, 1.54) is 0 Å². The highest BCUT2D eigenvalue weighted by molar-refractivity contribution is 5.85. The number of benzene rings is 2. The van der Waals surface area contributed by atoms with Crippen LogP contribution in [0.4, 0.5) is 0 Å². The normalized spacial score (nSPS) is 10.5. The quantitative estimate of drug-likeness (QED) is 0.754. The van der Waals surface area contributed by atoms with E-state index in [0.717, 1.165) is 22.3 Å². The summed E-state index contributed by atoms with van der Waals surface area (Å²) in [6.45, 7) is 3.80. The molecule has 0 heterocycles. The van der Waals surface area contributed by atoms with Crippen molar-refractivity contribution in [3.63, 3.8) is 0 Å². The molecule has 0 saturated carbocycles. The molecule has 126 valence electrons. The molecule has 2 aromatic rings. The van der Waals surface area contributed by atoms with Crippen molar-refractivity contribution in [3.05, 3.63) is 70.8 Å². The van der Waals surface area contributed by atoms with Crippen LogP contribution in [0, 0.1) is 13.8 Å². The lowest BCUT2D eigenvalue weighted by atomic mass is 9.96. The first-order chi connectivity index (χ1) is 11.5. The second-order valence-electron chi connectivity index (χ2n) is 5.81. The van der Waals surface area contributed by atoms with E-state index in [-0.39, 0.29) is 30.9 Å². The van der Waals surface area contributed by atoms with Gasteiger partial charge in [0, 0.05) is 0 Å². The van der Waals surface area contributed by atoms with Crippen molar-refractivity contribution in [2.24, 2.45) is 5.73 Å². The maximum Gasteiger partial charge on any atom is 0.240 e. The van der Waals surface area contributed by atoms with Gasteiger partial charge in [-0.2, -0.15) is 0 Å². The average molecular weight is 325 g/mol. The third-order valence-electron chi connectivity index (χ3n) is 3.69. The van der Waals surface area contributed by atoms with Crippen LogP contribution < -0.4 is 16.4 Å². The Morgan fingerprint density at radius 3 is 1.96 bits per heavy atom. The smallest absolute Gasteiger partial charge is 0.240 e. The van der Waals surface area contributed by atoms with Crippen molar-refractivity contribution in [1.29, 1.82) is 0 Å². The van der Waals surface area contributed by atoms with Gasteiger partial charge in [0.05, 0.1) is 19.1 Å². The second-order valence-corrected chi connectivity index (χ2v) is 5.81. The highest BCUT2D eigenvalue weighted by Crippen LogP contribution is 2.23. The molecular formula is C19H23N3O2. The van der Waals surface area contributed by atoms with Gasteiger partial charge in [-0.25, -0.2) is 0 Å². The maximum absolute atomic E-state index is 12.2. The molecule has 0 atom stereocenters. The summed E-state index contributed by atoms with van der Waals surface area (Å²) in [5.41, 5.74) is 9.47. The number of rotatable bonds is 6. The van der Waals surface area contributed by atoms with Crippen LogP contribution in [-0.2, 0) is 9.59 Å². The molecule has 5 heteroatoms. The Labute approximate surface area is 142 Å². The molecule has 0 spiro atoms. The number of nitrogens with two attached hydrogens (primary N) is 1. The maximum atomic E-state index is 12.2. The minimum Gasteiger partial charge on any atom is -0.346 e. The fourth-order valence-corrected chi connectivity index (χ4v) is 2.52. The lowest BCUT2D eigenvalue weighted by molar-refractivity contribution is -0.125. The Hall–Kier alpha value is -2.66. The summed E-state index contributed by atoms with van der Waals surface area (Å²) in [6, 6.07) is 15.8. The van der Waals surface area contributed by atoms with E-state index in [0.29, 0.717) is 0 Å². The van der Waals surface area contributed by atoms with Gasteiger partial charge in [-0.05, 0) is 25.0 Å². The zero-order valence-corrected chi connectivity index (χ0v) is 14.0. The van der Waals surface area contributed by atoms with Crippen LogP contribution in [0.15, 0.2) is 48.5 Å². The molecule has 0 saturated heterocycles. The van der Waals surface area contributed by atoms with E-state index in [1.54, 1.807) is 0 Å². The largest absolute Gasteiger partial charge is 0.346 e. The molecule has 0 aliphatic carbocycles. The highest BCUT2D eigenvalue weighted by Gasteiger charge is 2.17. The summed E-state index contributed by atoms with van der Waals surface area (Å²) >= 11 is 0. The van der Waals surface area contributed by atoms with Gasteiger partial charge >= 0.3 is 0 Å². The summed E-state index contributed by atoms with van der Waals surface area (Å²) in [4.78, 5) is 23.4. The van der Waals surface area contributed by atoms with Crippen molar-refractivity contribution >= 4 is 11.8 Å². The zero-order chi connectivity index (χ0) is 17.5. The molecule has 24 heavy (non-hydrogen) atoms. The lowest BCUT2D eigenvalue weighted by Gasteiger charge is -2.21. The van der Waals surface area contributed by atoms with Gasteiger partial charge < -0.3 is 16.4 Å². The Morgan fingerprint density at radius 1 is 0.958 bits per heavy atom. The van der Waals surface area contributed by atoms with Gasteiger partial charge in [0.15, 0.2) is 0 Å². The lowest BCUT2D eigenvalue weighted by Crippen LogP contribution is -2.41. The van der Waals surface area contributed by atoms with E-state index in [4.69, 9.17) is 5.73 Å². The number of hydrogen-bond acceptors (Lipinski definition) is 3.